The minimum atomic E-state index is 0.653. The molecule has 2 aromatic heterocycles. The van der Waals surface area contributed by atoms with Gasteiger partial charge in [0.15, 0.2) is 11.5 Å². The molecular weight excluding hydrogens is 269 g/mol. The second kappa shape index (κ2) is 4.59. The molecule has 0 spiro atoms. The molecule has 2 heterocycles. The van der Waals surface area contributed by atoms with Crippen molar-refractivity contribution in [3.05, 3.63) is 64.0 Å². The van der Waals surface area contributed by atoms with E-state index in [0.29, 0.717) is 11.4 Å². The molecule has 3 nitrogen and oxygen atoms in total. The lowest BCUT2D eigenvalue weighted by molar-refractivity contribution is 0.900. The lowest BCUT2D eigenvalue weighted by atomic mass is 10.1. The van der Waals surface area contributed by atoms with E-state index >= 15 is 0 Å². The first-order chi connectivity index (χ1) is 8.70. The van der Waals surface area contributed by atoms with Crippen molar-refractivity contribution in [2.75, 3.05) is 0 Å². The molecule has 3 rings (SSSR count). The van der Waals surface area contributed by atoms with Crippen LogP contribution in [0.15, 0.2) is 42.6 Å². The van der Waals surface area contributed by atoms with E-state index in [9.17, 15) is 0 Å². The number of halogens is 2. The second-order valence-corrected chi connectivity index (χ2v) is 4.86. The average molecular weight is 278 g/mol. The monoisotopic (exact) mass is 277 g/mol. The van der Waals surface area contributed by atoms with E-state index in [0.717, 1.165) is 22.1 Å². The quantitative estimate of drug-likeness (QED) is 0.716. The largest absolute Gasteiger partial charge is 0.221 e. The summed E-state index contributed by atoms with van der Waals surface area (Å²) in [4.78, 5) is 4.42. The predicted octanol–water partition coefficient (Wildman–Crippen LogP) is 3.63. The maximum atomic E-state index is 5.95. The Balaban J connectivity index is 1.95. The summed E-state index contributed by atoms with van der Waals surface area (Å²) in [5, 5.41) is 5.76. The van der Waals surface area contributed by atoms with Gasteiger partial charge in [-0.1, -0.05) is 35.3 Å². The van der Waals surface area contributed by atoms with Crippen LogP contribution in [0.5, 0.6) is 0 Å². The van der Waals surface area contributed by atoms with Crippen molar-refractivity contribution in [3.8, 4) is 0 Å². The Morgan fingerprint density at radius 1 is 1.06 bits per heavy atom. The standard InChI is InChI=1S/C13H9Cl2N3/c14-10-3-1-2-9(6-10)7-12-16-13-8-11(15)4-5-18(13)17-12/h1-6,8H,7H2. The maximum Gasteiger partial charge on any atom is 0.157 e. The van der Waals surface area contributed by atoms with Crippen LogP contribution in [0, 0.1) is 0 Å². The van der Waals surface area contributed by atoms with Crippen LogP contribution in [-0.2, 0) is 6.42 Å². The molecule has 0 aliphatic rings. The van der Waals surface area contributed by atoms with Crippen LogP contribution in [0.25, 0.3) is 5.65 Å². The Hall–Kier alpha value is -1.58. The van der Waals surface area contributed by atoms with Gasteiger partial charge in [-0.05, 0) is 23.8 Å². The molecule has 0 saturated heterocycles. The maximum absolute atomic E-state index is 5.95. The number of pyridine rings is 1. The summed E-state index contributed by atoms with van der Waals surface area (Å²) in [7, 11) is 0. The number of hydrogen-bond acceptors (Lipinski definition) is 2. The highest BCUT2D eigenvalue weighted by atomic mass is 35.5. The van der Waals surface area contributed by atoms with Crippen molar-refractivity contribution in [3.63, 3.8) is 0 Å². The number of aromatic nitrogens is 3. The normalized spacial score (nSPS) is 11.0. The van der Waals surface area contributed by atoms with Crippen LogP contribution in [0.2, 0.25) is 10.0 Å². The van der Waals surface area contributed by atoms with Crippen molar-refractivity contribution in [1.29, 1.82) is 0 Å². The van der Waals surface area contributed by atoms with Crippen LogP contribution in [0.3, 0.4) is 0 Å². The Morgan fingerprint density at radius 3 is 2.72 bits per heavy atom. The van der Waals surface area contributed by atoms with E-state index in [-0.39, 0.29) is 0 Å². The molecule has 0 aliphatic carbocycles. The van der Waals surface area contributed by atoms with E-state index < -0.39 is 0 Å². The topological polar surface area (TPSA) is 30.2 Å². The highest BCUT2D eigenvalue weighted by Crippen LogP contribution is 2.15. The number of rotatable bonds is 2. The predicted molar refractivity (Wildman–Crippen MR) is 72.3 cm³/mol. The summed E-state index contributed by atoms with van der Waals surface area (Å²) in [6.45, 7) is 0. The van der Waals surface area contributed by atoms with Gasteiger partial charge < -0.3 is 0 Å². The van der Waals surface area contributed by atoms with Gasteiger partial charge in [0.25, 0.3) is 0 Å². The molecule has 0 bridgehead atoms. The number of benzene rings is 1. The zero-order valence-corrected chi connectivity index (χ0v) is 10.9. The molecule has 0 N–H and O–H groups in total. The van der Waals surface area contributed by atoms with Crippen LogP contribution in [-0.4, -0.2) is 14.6 Å². The molecular formula is C13H9Cl2N3. The summed E-state index contributed by atoms with van der Waals surface area (Å²) < 4.78 is 1.71. The highest BCUT2D eigenvalue weighted by molar-refractivity contribution is 6.31. The van der Waals surface area contributed by atoms with Crippen molar-refractivity contribution in [2.24, 2.45) is 0 Å². The lowest BCUT2D eigenvalue weighted by Crippen LogP contribution is -1.91. The highest BCUT2D eigenvalue weighted by Gasteiger charge is 2.05. The SMILES string of the molecule is Clc1cccc(Cc2nc3cc(Cl)ccn3n2)c1. The van der Waals surface area contributed by atoms with Crippen LogP contribution >= 0.6 is 23.2 Å². The van der Waals surface area contributed by atoms with Gasteiger partial charge in [0.05, 0.1) is 0 Å². The number of nitrogens with zero attached hydrogens (tertiary/aromatic N) is 3. The van der Waals surface area contributed by atoms with E-state index in [1.807, 2.05) is 24.3 Å². The molecule has 0 amide bonds. The third-order valence-electron chi connectivity index (χ3n) is 2.59. The summed E-state index contributed by atoms with van der Waals surface area (Å²) in [5.41, 5.74) is 1.84. The molecule has 0 unspecified atom stereocenters. The van der Waals surface area contributed by atoms with Crippen LogP contribution < -0.4 is 0 Å². The fourth-order valence-electron chi connectivity index (χ4n) is 1.81. The molecule has 0 radical (unpaired) electrons. The fraction of sp³-hybridized carbons (Fsp3) is 0.0769. The van der Waals surface area contributed by atoms with Crippen molar-refractivity contribution >= 4 is 28.8 Å². The first-order valence-electron chi connectivity index (χ1n) is 5.46. The first-order valence-corrected chi connectivity index (χ1v) is 6.21. The fourth-order valence-corrected chi connectivity index (χ4v) is 2.17. The molecule has 3 aromatic rings. The Morgan fingerprint density at radius 2 is 1.89 bits per heavy atom. The Bertz CT molecular complexity index is 706. The van der Waals surface area contributed by atoms with Gasteiger partial charge in [-0.15, -0.1) is 0 Å². The Labute approximate surface area is 114 Å². The zero-order valence-electron chi connectivity index (χ0n) is 9.35. The lowest BCUT2D eigenvalue weighted by Gasteiger charge is -1.97. The van der Waals surface area contributed by atoms with Gasteiger partial charge in [-0.2, -0.15) is 5.10 Å². The molecule has 0 atom stereocenters. The van der Waals surface area contributed by atoms with Gasteiger partial charge in [-0.3, -0.25) is 0 Å². The Kier molecular flexibility index (Phi) is 2.94. The third kappa shape index (κ3) is 2.33. The average Bonchev–Trinajstić information content (AvgIpc) is 2.70. The van der Waals surface area contributed by atoms with Crippen LogP contribution in [0.4, 0.5) is 0 Å². The van der Waals surface area contributed by atoms with Crippen molar-refractivity contribution in [1.82, 2.24) is 14.6 Å². The van der Waals surface area contributed by atoms with Gasteiger partial charge >= 0.3 is 0 Å². The van der Waals surface area contributed by atoms with Gasteiger partial charge in [0, 0.05) is 28.7 Å². The second-order valence-electron chi connectivity index (χ2n) is 3.98. The van der Waals surface area contributed by atoms with Crippen molar-refractivity contribution < 1.29 is 0 Å². The minimum Gasteiger partial charge on any atom is -0.221 e. The van der Waals surface area contributed by atoms with E-state index in [1.165, 1.54) is 0 Å². The van der Waals surface area contributed by atoms with Gasteiger partial charge in [0.2, 0.25) is 0 Å². The molecule has 90 valence electrons. The summed E-state index contributed by atoms with van der Waals surface area (Å²) in [6, 6.07) is 11.3. The van der Waals surface area contributed by atoms with Gasteiger partial charge in [0.1, 0.15) is 0 Å². The summed E-state index contributed by atoms with van der Waals surface area (Å²) >= 11 is 11.9. The van der Waals surface area contributed by atoms with Gasteiger partial charge in [-0.25, -0.2) is 9.50 Å². The number of fused-ring (bicyclic) bond motifs is 1. The van der Waals surface area contributed by atoms with E-state index in [1.54, 1.807) is 22.8 Å². The van der Waals surface area contributed by atoms with E-state index in [2.05, 4.69) is 10.1 Å². The zero-order chi connectivity index (χ0) is 12.5. The smallest absolute Gasteiger partial charge is 0.157 e. The third-order valence-corrected chi connectivity index (χ3v) is 3.06. The van der Waals surface area contributed by atoms with E-state index in [4.69, 9.17) is 23.2 Å². The molecule has 0 saturated carbocycles. The summed E-state index contributed by atoms with van der Waals surface area (Å²) in [6.07, 6.45) is 2.45. The molecule has 0 fully saturated rings. The summed E-state index contributed by atoms with van der Waals surface area (Å²) in [5.74, 6) is 0.750. The first kappa shape index (κ1) is 11.5. The minimum absolute atomic E-state index is 0.653. The van der Waals surface area contributed by atoms with Crippen LogP contribution in [0.1, 0.15) is 11.4 Å². The number of hydrogen-bond donors (Lipinski definition) is 0. The molecule has 1 aromatic carbocycles. The molecule has 18 heavy (non-hydrogen) atoms. The molecule has 5 heteroatoms. The molecule has 0 aliphatic heterocycles. The van der Waals surface area contributed by atoms with Crippen molar-refractivity contribution in [2.45, 2.75) is 6.42 Å².